The average molecular weight is 280 g/mol. The highest BCUT2D eigenvalue weighted by atomic mass is 32.2. The predicted molar refractivity (Wildman–Crippen MR) is 66.8 cm³/mol. The average Bonchev–Trinajstić information content (AvgIpc) is 2.33. The van der Waals surface area contributed by atoms with Crippen LogP contribution in [0.1, 0.15) is 12.0 Å². The van der Waals surface area contributed by atoms with Crippen LogP contribution in [0.4, 0.5) is 19.0 Å². The Labute approximate surface area is 108 Å². The molecule has 0 aliphatic carbocycles. The zero-order valence-corrected chi connectivity index (χ0v) is 10.5. The van der Waals surface area contributed by atoms with E-state index in [1.54, 1.807) is 11.8 Å². The van der Waals surface area contributed by atoms with Gasteiger partial charge in [0.15, 0.2) is 0 Å². The molecule has 0 aliphatic rings. The Balaban J connectivity index is 2.43. The van der Waals surface area contributed by atoms with E-state index in [0.29, 0.717) is 18.7 Å². The lowest BCUT2D eigenvalue weighted by Crippen LogP contribution is -2.14. The van der Waals surface area contributed by atoms with Gasteiger partial charge in [-0.1, -0.05) is 0 Å². The molecule has 0 aromatic carbocycles. The number of hydrogen-bond acceptors (Lipinski definition) is 4. The summed E-state index contributed by atoms with van der Waals surface area (Å²) < 4.78 is 37.8. The second-order valence-electron chi connectivity index (χ2n) is 3.51. The van der Waals surface area contributed by atoms with E-state index in [4.69, 9.17) is 5.11 Å². The fourth-order valence-electron chi connectivity index (χ4n) is 1.29. The van der Waals surface area contributed by atoms with Gasteiger partial charge >= 0.3 is 6.18 Å². The first-order valence-corrected chi connectivity index (χ1v) is 6.66. The lowest BCUT2D eigenvalue weighted by molar-refractivity contribution is -0.137. The van der Waals surface area contributed by atoms with Crippen molar-refractivity contribution in [2.45, 2.75) is 12.6 Å². The first-order valence-electron chi connectivity index (χ1n) is 5.50. The maximum absolute atomic E-state index is 12.6. The van der Waals surface area contributed by atoms with Gasteiger partial charge in [-0.05, 0) is 24.3 Å². The molecular formula is C11H15F3N2OS. The van der Waals surface area contributed by atoms with E-state index in [-0.39, 0.29) is 12.4 Å². The number of halogens is 3. The van der Waals surface area contributed by atoms with Crippen molar-refractivity contribution >= 4 is 17.6 Å². The third-order valence-electron chi connectivity index (χ3n) is 2.10. The standard InChI is InChI=1S/C11H15F3N2OS/c12-11(13,14)9-3-1-4-15-10(9)16-5-8-18-7-2-6-17/h1,3-4,17H,2,5-8H2,(H,15,16). The van der Waals surface area contributed by atoms with Crippen LogP contribution in [-0.2, 0) is 6.18 Å². The van der Waals surface area contributed by atoms with Gasteiger partial charge in [0.2, 0.25) is 0 Å². The second kappa shape index (κ2) is 7.48. The molecule has 2 N–H and O–H groups in total. The number of rotatable bonds is 7. The van der Waals surface area contributed by atoms with Crippen molar-refractivity contribution in [1.82, 2.24) is 4.98 Å². The van der Waals surface area contributed by atoms with Crippen LogP contribution in [0.5, 0.6) is 0 Å². The van der Waals surface area contributed by atoms with Crippen molar-refractivity contribution in [3.63, 3.8) is 0 Å². The summed E-state index contributed by atoms with van der Waals surface area (Å²) in [5, 5.41) is 11.2. The Kier molecular flexibility index (Phi) is 6.28. The number of thioether (sulfide) groups is 1. The van der Waals surface area contributed by atoms with Crippen LogP contribution in [0.3, 0.4) is 0 Å². The Hall–Kier alpha value is -0.950. The van der Waals surface area contributed by atoms with Crippen LogP contribution in [0.25, 0.3) is 0 Å². The van der Waals surface area contributed by atoms with Gasteiger partial charge in [-0.25, -0.2) is 4.98 Å². The maximum atomic E-state index is 12.6. The smallest absolute Gasteiger partial charge is 0.396 e. The highest BCUT2D eigenvalue weighted by molar-refractivity contribution is 7.99. The molecule has 1 rings (SSSR count). The fraction of sp³-hybridized carbons (Fsp3) is 0.545. The lowest BCUT2D eigenvalue weighted by atomic mass is 10.2. The van der Waals surface area contributed by atoms with E-state index < -0.39 is 11.7 Å². The minimum atomic E-state index is -4.39. The molecule has 0 amide bonds. The fourth-order valence-corrected chi connectivity index (χ4v) is 2.07. The molecule has 1 heterocycles. The summed E-state index contributed by atoms with van der Waals surface area (Å²) in [5.74, 6) is 1.34. The van der Waals surface area contributed by atoms with Gasteiger partial charge in [0.1, 0.15) is 5.82 Å². The number of aromatic nitrogens is 1. The molecule has 0 aliphatic heterocycles. The zero-order valence-electron chi connectivity index (χ0n) is 9.70. The highest BCUT2D eigenvalue weighted by Gasteiger charge is 2.33. The van der Waals surface area contributed by atoms with Crippen LogP contribution < -0.4 is 5.32 Å². The van der Waals surface area contributed by atoms with Crippen LogP contribution in [-0.4, -0.2) is 34.7 Å². The number of aliphatic hydroxyl groups excluding tert-OH is 1. The first kappa shape index (κ1) is 15.1. The quantitative estimate of drug-likeness (QED) is 0.754. The van der Waals surface area contributed by atoms with Gasteiger partial charge in [-0.2, -0.15) is 24.9 Å². The number of nitrogens with zero attached hydrogens (tertiary/aromatic N) is 1. The number of anilines is 1. The number of pyridine rings is 1. The van der Waals surface area contributed by atoms with E-state index in [1.807, 2.05) is 0 Å². The molecule has 1 aromatic rings. The summed E-state index contributed by atoms with van der Waals surface area (Å²) in [6.45, 7) is 0.551. The van der Waals surface area contributed by atoms with Crippen molar-refractivity contribution in [1.29, 1.82) is 0 Å². The van der Waals surface area contributed by atoms with Crippen molar-refractivity contribution < 1.29 is 18.3 Å². The van der Waals surface area contributed by atoms with E-state index in [1.165, 1.54) is 12.3 Å². The van der Waals surface area contributed by atoms with Crippen molar-refractivity contribution in [3.05, 3.63) is 23.9 Å². The maximum Gasteiger partial charge on any atom is 0.419 e. The van der Waals surface area contributed by atoms with Gasteiger partial charge < -0.3 is 10.4 Å². The third kappa shape index (κ3) is 5.14. The van der Waals surface area contributed by atoms with Gasteiger partial charge in [0.25, 0.3) is 0 Å². The van der Waals surface area contributed by atoms with E-state index in [0.717, 1.165) is 11.8 Å². The van der Waals surface area contributed by atoms with Crippen LogP contribution >= 0.6 is 11.8 Å². The van der Waals surface area contributed by atoms with Crippen LogP contribution in [0, 0.1) is 0 Å². The molecule has 18 heavy (non-hydrogen) atoms. The summed E-state index contributed by atoms with van der Waals surface area (Å²) in [6.07, 6.45) is -2.36. The Morgan fingerprint density at radius 1 is 1.33 bits per heavy atom. The molecule has 3 nitrogen and oxygen atoms in total. The van der Waals surface area contributed by atoms with Crippen molar-refractivity contribution in [3.8, 4) is 0 Å². The van der Waals surface area contributed by atoms with Gasteiger partial charge in [0.05, 0.1) is 5.56 Å². The minimum absolute atomic E-state index is 0.132. The molecule has 0 bridgehead atoms. The largest absolute Gasteiger partial charge is 0.419 e. The molecule has 0 saturated heterocycles. The lowest BCUT2D eigenvalue weighted by Gasteiger charge is -2.12. The predicted octanol–water partition coefficient (Wildman–Crippen LogP) is 2.63. The van der Waals surface area contributed by atoms with Gasteiger partial charge in [-0.3, -0.25) is 0 Å². The van der Waals surface area contributed by atoms with Gasteiger partial charge in [0, 0.05) is 25.1 Å². The Morgan fingerprint density at radius 2 is 2.11 bits per heavy atom. The summed E-state index contributed by atoms with van der Waals surface area (Å²) in [4.78, 5) is 3.70. The monoisotopic (exact) mass is 280 g/mol. The molecule has 0 fully saturated rings. The summed E-state index contributed by atoms with van der Waals surface area (Å²) in [5.41, 5.74) is -0.745. The summed E-state index contributed by atoms with van der Waals surface area (Å²) in [7, 11) is 0. The van der Waals surface area contributed by atoms with Gasteiger partial charge in [-0.15, -0.1) is 0 Å². The molecule has 7 heteroatoms. The molecule has 0 saturated carbocycles. The SMILES string of the molecule is OCCCSCCNc1ncccc1C(F)(F)F. The number of hydrogen-bond donors (Lipinski definition) is 2. The highest BCUT2D eigenvalue weighted by Crippen LogP contribution is 2.33. The number of aliphatic hydroxyl groups is 1. The topological polar surface area (TPSA) is 45.1 Å². The van der Waals surface area contributed by atoms with Crippen LogP contribution in [0.2, 0.25) is 0 Å². The summed E-state index contributed by atoms with van der Waals surface area (Å²) in [6, 6.07) is 2.28. The minimum Gasteiger partial charge on any atom is -0.396 e. The second-order valence-corrected chi connectivity index (χ2v) is 4.74. The molecule has 0 radical (unpaired) electrons. The van der Waals surface area contributed by atoms with Crippen LogP contribution in [0.15, 0.2) is 18.3 Å². The van der Waals surface area contributed by atoms with E-state index in [9.17, 15) is 13.2 Å². The Bertz CT molecular complexity index is 360. The molecule has 0 atom stereocenters. The first-order chi connectivity index (χ1) is 8.55. The molecule has 1 aromatic heterocycles. The molecular weight excluding hydrogens is 265 g/mol. The Morgan fingerprint density at radius 3 is 2.78 bits per heavy atom. The zero-order chi connectivity index (χ0) is 13.4. The molecule has 0 spiro atoms. The van der Waals surface area contributed by atoms with Crippen molar-refractivity contribution in [2.75, 3.05) is 30.0 Å². The van der Waals surface area contributed by atoms with E-state index in [2.05, 4.69) is 10.3 Å². The third-order valence-corrected chi connectivity index (χ3v) is 3.17. The van der Waals surface area contributed by atoms with E-state index >= 15 is 0 Å². The number of alkyl halides is 3. The normalized spacial score (nSPS) is 11.6. The molecule has 0 unspecified atom stereocenters. The van der Waals surface area contributed by atoms with Crippen molar-refractivity contribution in [2.24, 2.45) is 0 Å². The number of nitrogens with one attached hydrogen (secondary N) is 1. The summed E-state index contributed by atoms with van der Waals surface area (Å²) >= 11 is 1.58. The molecule has 102 valence electrons.